The third-order valence-electron chi connectivity index (χ3n) is 4.85. The number of hydrogen-bond acceptors (Lipinski definition) is 4. The maximum atomic E-state index is 6.66. The van der Waals surface area contributed by atoms with E-state index < -0.39 is 0 Å². The van der Waals surface area contributed by atoms with Gasteiger partial charge in [0.15, 0.2) is 0 Å². The Morgan fingerprint density at radius 2 is 1.69 bits per heavy atom. The number of rotatable bonds is 4. The molecule has 26 heavy (non-hydrogen) atoms. The molecule has 0 saturated carbocycles. The molecule has 0 amide bonds. The second-order valence-electron chi connectivity index (χ2n) is 6.55. The summed E-state index contributed by atoms with van der Waals surface area (Å²) in [7, 11) is 0. The van der Waals surface area contributed by atoms with Crippen molar-refractivity contribution >= 4 is 17.4 Å². The number of aryl methyl sites for hydroxylation is 1. The van der Waals surface area contributed by atoms with Gasteiger partial charge in [-0.3, -0.25) is 4.90 Å². The van der Waals surface area contributed by atoms with Crippen LogP contribution in [0, 0.1) is 6.92 Å². The first-order valence-electron chi connectivity index (χ1n) is 8.90. The van der Waals surface area contributed by atoms with E-state index in [1.54, 1.807) is 0 Å². The number of anilines is 1. The zero-order chi connectivity index (χ0) is 17.9. The molecule has 0 radical (unpaired) electrons. The summed E-state index contributed by atoms with van der Waals surface area (Å²) < 4.78 is 1.83. The van der Waals surface area contributed by atoms with Crippen LogP contribution in [0.2, 0.25) is 5.15 Å². The summed E-state index contributed by atoms with van der Waals surface area (Å²) in [6.07, 6.45) is 1.85. The summed E-state index contributed by atoms with van der Waals surface area (Å²) in [5, 5.41) is 5.36. The molecule has 0 spiro atoms. The number of para-hydroxylation sites is 1. The third kappa shape index (κ3) is 3.45. The average Bonchev–Trinajstić information content (AvgIpc) is 2.98. The maximum Gasteiger partial charge on any atom is 0.137 e. The SMILES string of the molecule is Cc1nn(-c2ccccc2)c(Cl)c1CN1CCN(c2ccccn2)CC1. The first-order valence-corrected chi connectivity index (χ1v) is 9.28. The third-order valence-corrected chi connectivity index (χ3v) is 5.24. The summed E-state index contributed by atoms with van der Waals surface area (Å²) in [5.41, 5.74) is 3.10. The summed E-state index contributed by atoms with van der Waals surface area (Å²) in [4.78, 5) is 9.22. The second-order valence-corrected chi connectivity index (χ2v) is 6.91. The zero-order valence-electron chi connectivity index (χ0n) is 14.8. The van der Waals surface area contributed by atoms with Crippen LogP contribution in [0.3, 0.4) is 0 Å². The molecular formula is C20H22ClN5. The molecule has 0 atom stereocenters. The summed E-state index contributed by atoms with van der Waals surface area (Å²) in [6, 6.07) is 16.1. The topological polar surface area (TPSA) is 37.2 Å². The minimum Gasteiger partial charge on any atom is -0.354 e. The van der Waals surface area contributed by atoms with Crippen LogP contribution in [-0.2, 0) is 6.54 Å². The van der Waals surface area contributed by atoms with E-state index in [2.05, 4.69) is 25.9 Å². The van der Waals surface area contributed by atoms with Gasteiger partial charge in [0, 0.05) is 44.5 Å². The Morgan fingerprint density at radius 1 is 0.962 bits per heavy atom. The Kier molecular flexibility index (Phi) is 4.91. The van der Waals surface area contributed by atoms with E-state index in [0.29, 0.717) is 5.15 Å². The van der Waals surface area contributed by atoms with Crippen LogP contribution in [-0.4, -0.2) is 45.8 Å². The number of benzene rings is 1. The van der Waals surface area contributed by atoms with Gasteiger partial charge in [-0.1, -0.05) is 35.9 Å². The summed E-state index contributed by atoms with van der Waals surface area (Å²) >= 11 is 6.66. The highest BCUT2D eigenvalue weighted by Crippen LogP contribution is 2.25. The fourth-order valence-electron chi connectivity index (χ4n) is 3.35. The Bertz CT molecular complexity index is 855. The molecule has 1 aliphatic heterocycles. The first-order chi connectivity index (χ1) is 12.7. The van der Waals surface area contributed by atoms with Crippen LogP contribution in [0.25, 0.3) is 5.69 Å². The molecule has 3 aromatic rings. The van der Waals surface area contributed by atoms with Crippen molar-refractivity contribution in [3.8, 4) is 5.69 Å². The Labute approximate surface area is 158 Å². The second kappa shape index (κ2) is 7.48. The number of nitrogens with zero attached hydrogens (tertiary/aromatic N) is 5. The molecule has 0 N–H and O–H groups in total. The molecule has 5 nitrogen and oxygen atoms in total. The minimum absolute atomic E-state index is 0.709. The van der Waals surface area contributed by atoms with Gasteiger partial charge < -0.3 is 4.90 Å². The van der Waals surface area contributed by atoms with E-state index in [-0.39, 0.29) is 0 Å². The van der Waals surface area contributed by atoms with Crippen LogP contribution in [0.15, 0.2) is 54.7 Å². The quantitative estimate of drug-likeness (QED) is 0.706. The van der Waals surface area contributed by atoms with Gasteiger partial charge in [0.25, 0.3) is 0 Å². The number of halogens is 1. The molecule has 0 unspecified atom stereocenters. The molecule has 1 aromatic carbocycles. The smallest absolute Gasteiger partial charge is 0.137 e. The van der Waals surface area contributed by atoms with Crippen LogP contribution >= 0.6 is 11.6 Å². The van der Waals surface area contributed by atoms with E-state index in [1.165, 1.54) is 0 Å². The monoisotopic (exact) mass is 367 g/mol. The van der Waals surface area contributed by atoms with Crippen molar-refractivity contribution in [3.05, 3.63) is 71.1 Å². The molecule has 0 aliphatic carbocycles. The van der Waals surface area contributed by atoms with E-state index in [1.807, 2.05) is 60.3 Å². The summed E-state index contributed by atoms with van der Waals surface area (Å²) in [6.45, 7) is 6.78. The fourth-order valence-corrected chi connectivity index (χ4v) is 3.68. The average molecular weight is 368 g/mol. The highest BCUT2D eigenvalue weighted by Gasteiger charge is 2.22. The highest BCUT2D eigenvalue weighted by molar-refractivity contribution is 6.30. The lowest BCUT2D eigenvalue weighted by Crippen LogP contribution is -2.46. The number of aromatic nitrogens is 3. The van der Waals surface area contributed by atoms with Crippen molar-refractivity contribution in [1.82, 2.24) is 19.7 Å². The maximum absolute atomic E-state index is 6.66. The highest BCUT2D eigenvalue weighted by atomic mass is 35.5. The largest absolute Gasteiger partial charge is 0.354 e. The number of pyridine rings is 1. The van der Waals surface area contributed by atoms with E-state index in [0.717, 1.165) is 55.5 Å². The van der Waals surface area contributed by atoms with Crippen LogP contribution in [0.4, 0.5) is 5.82 Å². The lowest BCUT2D eigenvalue weighted by Gasteiger charge is -2.35. The van der Waals surface area contributed by atoms with Gasteiger partial charge in [-0.2, -0.15) is 5.10 Å². The standard InChI is InChI=1S/C20H22ClN5/c1-16-18(20(21)26(23-16)17-7-3-2-4-8-17)15-24-11-13-25(14-12-24)19-9-5-6-10-22-19/h2-10H,11-15H2,1H3. The Hall–Kier alpha value is -2.37. The van der Waals surface area contributed by atoms with Crippen molar-refractivity contribution in [2.24, 2.45) is 0 Å². The van der Waals surface area contributed by atoms with Crippen LogP contribution in [0.5, 0.6) is 0 Å². The number of piperazine rings is 1. The van der Waals surface area contributed by atoms with Crippen molar-refractivity contribution in [1.29, 1.82) is 0 Å². The molecule has 2 aromatic heterocycles. The normalized spacial score (nSPS) is 15.4. The molecule has 1 aliphatic rings. The zero-order valence-corrected chi connectivity index (χ0v) is 15.6. The molecular weight excluding hydrogens is 346 g/mol. The summed E-state index contributed by atoms with van der Waals surface area (Å²) in [5.74, 6) is 1.05. The van der Waals surface area contributed by atoms with Crippen LogP contribution in [0.1, 0.15) is 11.3 Å². The molecule has 3 heterocycles. The van der Waals surface area contributed by atoms with Crippen molar-refractivity contribution in [3.63, 3.8) is 0 Å². The van der Waals surface area contributed by atoms with Crippen LogP contribution < -0.4 is 4.90 Å². The molecule has 0 bridgehead atoms. The van der Waals surface area contributed by atoms with Crippen molar-refractivity contribution in [2.45, 2.75) is 13.5 Å². The van der Waals surface area contributed by atoms with E-state index in [4.69, 9.17) is 11.6 Å². The van der Waals surface area contributed by atoms with Gasteiger partial charge in [-0.25, -0.2) is 9.67 Å². The van der Waals surface area contributed by atoms with Crippen molar-refractivity contribution < 1.29 is 0 Å². The Balaban J connectivity index is 1.45. The van der Waals surface area contributed by atoms with Gasteiger partial charge in [-0.15, -0.1) is 0 Å². The molecule has 1 saturated heterocycles. The van der Waals surface area contributed by atoms with Crippen molar-refractivity contribution in [2.75, 3.05) is 31.1 Å². The van der Waals surface area contributed by atoms with Gasteiger partial charge in [0.2, 0.25) is 0 Å². The van der Waals surface area contributed by atoms with Gasteiger partial charge in [0.1, 0.15) is 11.0 Å². The van der Waals surface area contributed by atoms with Gasteiger partial charge >= 0.3 is 0 Å². The van der Waals surface area contributed by atoms with Gasteiger partial charge in [-0.05, 0) is 31.2 Å². The molecule has 1 fully saturated rings. The first kappa shape index (κ1) is 17.1. The fraction of sp³-hybridized carbons (Fsp3) is 0.300. The predicted molar refractivity (Wildman–Crippen MR) is 105 cm³/mol. The predicted octanol–water partition coefficient (Wildman–Crippen LogP) is 3.55. The van der Waals surface area contributed by atoms with E-state index >= 15 is 0 Å². The Morgan fingerprint density at radius 3 is 2.38 bits per heavy atom. The number of hydrogen-bond donors (Lipinski definition) is 0. The van der Waals surface area contributed by atoms with Gasteiger partial charge in [0.05, 0.1) is 11.4 Å². The molecule has 134 valence electrons. The lowest BCUT2D eigenvalue weighted by atomic mass is 10.2. The molecule has 6 heteroatoms. The molecule has 4 rings (SSSR count). The van der Waals surface area contributed by atoms with E-state index in [9.17, 15) is 0 Å². The lowest BCUT2D eigenvalue weighted by molar-refractivity contribution is 0.249. The minimum atomic E-state index is 0.709.